The van der Waals surface area contributed by atoms with Gasteiger partial charge in [-0.25, -0.2) is 0 Å². The molecular formula is C68H46N2S2. The van der Waals surface area contributed by atoms with Crippen LogP contribution in [0.4, 0.5) is 17.1 Å². The van der Waals surface area contributed by atoms with Gasteiger partial charge < -0.3 is 9.47 Å². The van der Waals surface area contributed by atoms with Crippen LogP contribution in [0.2, 0.25) is 0 Å². The van der Waals surface area contributed by atoms with E-state index in [2.05, 4.69) is 289 Å². The summed E-state index contributed by atoms with van der Waals surface area (Å²) in [5, 5.41) is 2.45. The highest BCUT2D eigenvalue weighted by Gasteiger charge is 2.18. The molecule has 10 aromatic carbocycles. The molecule has 0 amide bonds. The molecule has 340 valence electrons. The van der Waals surface area contributed by atoms with Gasteiger partial charge in [-0.1, -0.05) is 182 Å². The fraction of sp³-hybridized carbons (Fsp3) is 0. The van der Waals surface area contributed by atoms with Crippen LogP contribution in [0.5, 0.6) is 0 Å². The third kappa shape index (κ3) is 8.33. The second-order valence-electron chi connectivity index (χ2n) is 18.1. The predicted molar refractivity (Wildman–Crippen MR) is 309 cm³/mol. The lowest BCUT2D eigenvalue weighted by atomic mass is 10.0. The van der Waals surface area contributed by atoms with Crippen LogP contribution in [0, 0.1) is 0 Å². The van der Waals surface area contributed by atoms with Gasteiger partial charge in [0.15, 0.2) is 0 Å². The number of hydrogen-bond acceptors (Lipinski definition) is 3. The number of anilines is 3. The molecule has 3 heterocycles. The Hall–Kier alpha value is -8.80. The number of aromatic nitrogens is 1. The van der Waals surface area contributed by atoms with Crippen molar-refractivity contribution in [2.45, 2.75) is 0 Å². The van der Waals surface area contributed by atoms with E-state index < -0.39 is 0 Å². The zero-order chi connectivity index (χ0) is 47.8. The number of benzene rings is 10. The third-order valence-corrected chi connectivity index (χ3v) is 16.1. The first-order valence-corrected chi connectivity index (χ1v) is 26.0. The molecule has 0 radical (unpaired) electrons. The van der Waals surface area contributed by atoms with E-state index in [1.54, 1.807) is 0 Å². The van der Waals surface area contributed by atoms with Crippen LogP contribution in [-0.4, -0.2) is 4.57 Å². The minimum Gasteiger partial charge on any atom is -0.311 e. The average Bonchev–Trinajstić information content (AvgIpc) is 4.24. The maximum Gasteiger partial charge on any atom is 0.0541 e. The number of thiophene rings is 2. The molecule has 13 aromatic rings. The van der Waals surface area contributed by atoms with Crippen molar-refractivity contribution in [1.82, 2.24) is 4.57 Å². The molecule has 0 aliphatic rings. The van der Waals surface area contributed by atoms with Crippen molar-refractivity contribution in [3.63, 3.8) is 0 Å². The maximum atomic E-state index is 2.45. The van der Waals surface area contributed by atoms with Crippen molar-refractivity contribution in [3.05, 3.63) is 279 Å². The molecule has 0 saturated carbocycles. The van der Waals surface area contributed by atoms with Gasteiger partial charge in [0, 0.05) is 53.0 Å². The van der Waals surface area contributed by atoms with E-state index in [9.17, 15) is 0 Å². The minimum atomic E-state index is 1.09. The zero-order valence-corrected chi connectivity index (χ0v) is 40.9. The number of rotatable bonds is 11. The van der Waals surface area contributed by atoms with Crippen molar-refractivity contribution in [1.29, 1.82) is 0 Å². The molecule has 13 rings (SSSR count). The molecule has 0 atom stereocenters. The Morgan fingerprint density at radius 2 is 0.556 bits per heavy atom. The van der Waals surface area contributed by atoms with E-state index in [0.29, 0.717) is 0 Å². The van der Waals surface area contributed by atoms with Gasteiger partial charge in [-0.05, 0) is 153 Å². The van der Waals surface area contributed by atoms with E-state index in [1.807, 2.05) is 22.7 Å². The Labute approximate surface area is 428 Å². The van der Waals surface area contributed by atoms with Gasteiger partial charge >= 0.3 is 0 Å². The Morgan fingerprint density at radius 1 is 0.236 bits per heavy atom. The molecule has 3 aromatic heterocycles. The normalized spacial score (nSPS) is 11.3. The largest absolute Gasteiger partial charge is 0.311 e. The first-order chi connectivity index (χ1) is 35.7. The zero-order valence-electron chi connectivity index (χ0n) is 39.3. The minimum absolute atomic E-state index is 1.09. The van der Waals surface area contributed by atoms with Crippen LogP contribution in [0.25, 0.3) is 103 Å². The topological polar surface area (TPSA) is 8.17 Å². The van der Waals surface area contributed by atoms with Crippen molar-refractivity contribution in [2.75, 3.05) is 4.90 Å². The number of nitrogens with zero attached hydrogens (tertiary/aromatic N) is 2. The number of hydrogen-bond donors (Lipinski definition) is 0. The second kappa shape index (κ2) is 18.8. The first-order valence-electron chi connectivity index (χ1n) is 24.4. The van der Waals surface area contributed by atoms with E-state index >= 15 is 0 Å². The second-order valence-corrected chi connectivity index (χ2v) is 20.3. The van der Waals surface area contributed by atoms with E-state index in [0.717, 1.165) is 28.3 Å². The van der Waals surface area contributed by atoms with Crippen molar-refractivity contribution in [2.24, 2.45) is 0 Å². The van der Waals surface area contributed by atoms with Crippen molar-refractivity contribution in [3.8, 4) is 80.8 Å². The van der Waals surface area contributed by atoms with E-state index in [-0.39, 0.29) is 0 Å². The van der Waals surface area contributed by atoms with Gasteiger partial charge in [0.1, 0.15) is 0 Å². The quantitative estimate of drug-likeness (QED) is 0.125. The summed E-state index contributed by atoms with van der Waals surface area (Å²) < 4.78 is 2.45. The molecule has 0 fully saturated rings. The Bertz CT molecular complexity index is 3900. The summed E-state index contributed by atoms with van der Waals surface area (Å²) in [4.78, 5) is 7.40. The van der Waals surface area contributed by atoms with Crippen LogP contribution < -0.4 is 4.90 Å². The highest BCUT2D eigenvalue weighted by molar-refractivity contribution is 7.19. The van der Waals surface area contributed by atoms with Crippen LogP contribution in [0.15, 0.2) is 279 Å². The standard InChI is InChI=1S/C68H46N2S2/c1-5-14-47(15-6-1)49-24-32-57(33-25-49)69(58-34-26-50(27-35-58)48-16-7-2-8-17-48)59-36-28-51(29-37-59)54-30-38-63-61(45-54)62-46-56(68-43-41-66(72-68)53-20-11-4-12-21-53)31-39-64(62)70(63)60-23-13-22-55(44-60)67-42-40-65(71-67)52-18-9-3-10-19-52/h1-46H. The van der Waals surface area contributed by atoms with E-state index in [1.165, 1.54) is 91.4 Å². The van der Waals surface area contributed by atoms with E-state index in [4.69, 9.17) is 0 Å². The van der Waals surface area contributed by atoms with Crippen molar-refractivity contribution < 1.29 is 0 Å². The summed E-state index contributed by atoms with van der Waals surface area (Å²) in [6.07, 6.45) is 0. The van der Waals surface area contributed by atoms with Gasteiger partial charge in [0.05, 0.1) is 11.0 Å². The first kappa shape index (κ1) is 43.2. The summed E-state index contributed by atoms with van der Waals surface area (Å²) in [7, 11) is 0. The fourth-order valence-corrected chi connectivity index (χ4v) is 12.1. The van der Waals surface area contributed by atoms with Crippen LogP contribution >= 0.6 is 22.7 Å². The molecule has 0 spiro atoms. The van der Waals surface area contributed by atoms with Gasteiger partial charge in [-0.15, -0.1) is 22.7 Å². The third-order valence-electron chi connectivity index (χ3n) is 13.7. The van der Waals surface area contributed by atoms with Gasteiger partial charge in [0.2, 0.25) is 0 Å². The highest BCUT2D eigenvalue weighted by atomic mass is 32.1. The van der Waals surface area contributed by atoms with Crippen LogP contribution in [-0.2, 0) is 0 Å². The Morgan fingerprint density at radius 3 is 1.00 bits per heavy atom. The number of fused-ring (bicyclic) bond motifs is 3. The maximum absolute atomic E-state index is 2.45. The average molecular weight is 955 g/mol. The molecule has 0 aliphatic heterocycles. The molecule has 4 heteroatoms. The summed E-state index contributed by atoms with van der Waals surface area (Å²) in [5.41, 5.74) is 18.8. The molecule has 0 saturated heterocycles. The molecular weight excluding hydrogens is 909 g/mol. The summed E-state index contributed by atoms with van der Waals surface area (Å²) >= 11 is 3.69. The van der Waals surface area contributed by atoms with Crippen molar-refractivity contribution >= 4 is 61.5 Å². The predicted octanol–water partition coefficient (Wildman–Crippen LogP) is 20.0. The lowest BCUT2D eigenvalue weighted by Gasteiger charge is -2.26. The smallest absolute Gasteiger partial charge is 0.0541 e. The monoisotopic (exact) mass is 954 g/mol. The molecule has 0 aliphatic carbocycles. The lowest BCUT2D eigenvalue weighted by molar-refractivity contribution is 1.18. The van der Waals surface area contributed by atoms with Gasteiger partial charge in [0.25, 0.3) is 0 Å². The molecule has 2 nitrogen and oxygen atoms in total. The Kier molecular flexibility index (Phi) is 11.3. The summed E-state index contributed by atoms with van der Waals surface area (Å²) in [5.74, 6) is 0. The highest BCUT2D eigenvalue weighted by Crippen LogP contribution is 2.43. The van der Waals surface area contributed by atoms with Gasteiger partial charge in [-0.2, -0.15) is 0 Å². The van der Waals surface area contributed by atoms with Crippen LogP contribution in [0.1, 0.15) is 0 Å². The van der Waals surface area contributed by atoms with Gasteiger partial charge in [-0.3, -0.25) is 0 Å². The molecule has 72 heavy (non-hydrogen) atoms. The lowest BCUT2D eigenvalue weighted by Crippen LogP contribution is -2.09. The molecule has 0 unspecified atom stereocenters. The molecule has 0 N–H and O–H groups in total. The SMILES string of the molecule is c1ccc(-c2ccc(N(c3ccc(-c4ccccc4)cc3)c3ccc(-c4ccc5c(c4)c4cc(-c6ccc(-c7ccccc7)s6)ccc4n5-c4cccc(-c5ccc(-c6ccccc6)s5)c4)cc3)cc2)cc1. The molecule has 0 bridgehead atoms. The fourth-order valence-electron chi connectivity index (χ4n) is 10.1. The van der Waals surface area contributed by atoms with Crippen LogP contribution in [0.3, 0.4) is 0 Å². The summed E-state index contributed by atoms with van der Waals surface area (Å²) in [6, 6.07) is 102. The Balaban J connectivity index is 0.897. The summed E-state index contributed by atoms with van der Waals surface area (Å²) in [6.45, 7) is 0.